The van der Waals surface area contributed by atoms with Crippen molar-refractivity contribution in [3.63, 3.8) is 0 Å². The summed E-state index contributed by atoms with van der Waals surface area (Å²) in [5, 5.41) is 3.68. The molecule has 0 aliphatic heterocycles. The van der Waals surface area contributed by atoms with E-state index in [1.165, 1.54) is 42.3 Å². The minimum atomic E-state index is 0.464. The van der Waals surface area contributed by atoms with E-state index >= 15 is 0 Å². The number of nitrogens with one attached hydrogen (secondary N) is 1. The van der Waals surface area contributed by atoms with Crippen molar-refractivity contribution >= 4 is 15.9 Å². The van der Waals surface area contributed by atoms with Crippen molar-refractivity contribution in [1.29, 1.82) is 0 Å². The van der Waals surface area contributed by atoms with Crippen LogP contribution in [0.5, 0.6) is 0 Å². The lowest BCUT2D eigenvalue weighted by Gasteiger charge is -2.16. The Morgan fingerprint density at radius 3 is 2.88 bits per heavy atom. The quantitative estimate of drug-likeness (QED) is 0.869. The molecule has 0 bridgehead atoms. The van der Waals surface area contributed by atoms with Crippen molar-refractivity contribution < 1.29 is 0 Å². The second-order valence-corrected chi connectivity index (χ2v) is 6.52. The monoisotopic (exact) mass is 293 g/mol. The second kappa shape index (κ2) is 4.40. The van der Waals surface area contributed by atoms with Crippen LogP contribution in [0.1, 0.15) is 38.2 Å². The van der Waals surface area contributed by atoms with Crippen LogP contribution >= 0.6 is 15.9 Å². The van der Waals surface area contributed by atoms with Gasteiger partial charge >= 0.3 is 0 Å². The molecule has 0 saturated heterocycles. The van der Waals surface area contributed by atoms with E-state index in [1.807, 2.05) is 0 Å². The lowest BCUT2D eigenvalue weighted by Crippen LogP contribution is -2.23. The van der Waals surface area contributed by atoms with Crippen LogP contribution < -0.4 is 5.32 Å². The molecule has 0 amide bonds. The fourth-order valence-electron chi connectivity index (χ4n) is 3.03. The number of benzene rings is 1. The Kier molecular flexibility index (Phi) is 3.04. The Labute approximate surface area is 112 Å². The number of rotatable bonds is 5. The molecule has 2 fully saturated rings. The molecule has 17 heavy (non-hydrogen) atoms. The second-order valence-electron chi connectivity index (χ2n) is 5.60. The summed E-state index contributed by atoms with van der Waals surface area (Å²) >= 11 is 3.59. The zero-order chi connectivity index (χ0) is 11.9. The molecule has 92 valence electrons. The Morgan fingerprint density at radius 2 is 2.24 bits per heavy atom. The van der Waals surface area contributed by atoms with Crippen molar-refractivity contribution in [3.8, 4) is 0 Å². The molecular weight excluding hydrogens is 274 g/mol. The Hall–Kier alpha value is -0.340. The van der Waals surface area contributed by atoms with Crippen molar-refractivity contribution in [3.05, 3.63) is 34.3 Å². The average molecular weight is 294 g/mol. The van der Waals surface area contributed by atoms with Crippen LogP contribution in [0.25, 0.3) is 0 Å². The molecule has 3 rings (SSSR count). The van der Waals surface area contributed by atoms with Crippen LogP contribution in [0.2, 0.25) is 0 Å². The summed E-state index contributed by atoms with van der Waals surface area (Å²) in [4.78, 5) is 0. The molecule has 1 aromatic carbocycles. The van der Waals surface area contributed by atoms with Gasteiger partial charge in [-0.2, -0.15) is 0 Å². The van der Waals surface area contributed by atoms with Crippen LogP contribution in [0.4, 0.5) is 0 Å². The molecule has 2 unspecified atom stereocenters. The van der Waals surface area contributed by atoms with Gasteiger partial charge in [-0.1, -0.05) is 35.0 Å². The van der Waals surface area contributed by atoms with Gasteiger partial charge in [-0.25, -0.2) is 0 Å². The fourth-order valence-corrected chi connectivity index (χ4v) is 3.43. The molecular formula is C15H20BrN. The Bertz CT molecular complexity index is 413. The Balaban J connectivity index is 1.70. The van der Waals surface area contributed by atoms with Gasteiger partial charge in [0.1, 0.15) is 0 Å². The summed E-state index contributed by atoms with van der Waals surface area (Å²) in [6.45, 7) is 3.54. The van der Waals surface area contributed by atoms with E-state index in [-0.39, 0.29) is 0 Å². The van der Waals surface area contributed by atoms with Crippen molar-refractivity contribution in [2.45, 2.75) is 44.1 Å². The van der Waals surface area contributed by atoms with E-state index in [1.54, 1.807) is 0 Å². The van der Waals surface area contributed by atoms with Crippen LogP contribution in [0, 0.1) is 5.92 Å². The lowest BCUT2D eigenvalue weighted by atomic mass is 9.90. The summed E-state index contributed by atoms with van der Waals surface area (Å²) in [7, 11) is 0. The maximum atomic E-state index is 3.68. The maximum Gasteiger partial charge on any atom is 0.0178 e. The predicted octanol–water partition coefficient (Wildman–Crippen LogP) is 3.87. The first kappa shape index (κ1) is 11.7. The summed E-state index contributed by atoms with van der Waals surface area (Å²) in [5.41, 5.74) is 1.99. The number of halogens is 1. The Morgan fingerprint density at radius 1 is 1.41 bits per heavy atom. The lowest BCUT2D eigenvalue weighted by molar-refractivity contribution is 0.537. The molecule has 1 N–H and O–H groups in total. The highest BCUT2D eigenvalue weighted by atomic mass is 79.9. The number of hydrogen-bond acceptors (Lipinski definition) is 1. The third-order valence-electron chi connectivity index (χ3n) is 4.49. The standard InChI is InChI=1S/C15H20BrN/c1-2-15(11-4-3-5-13(16)8-11)9-12(15)10-17-14-6-7-14/h3-5,8,12,14,17H,2,6-7,9-10H2,1H3. The zero-order valence-corrected chi connectivity index (χ0v) is 12.0. The average Bonchev–Trinajstić information content (AvgIpc) is 3.22. The maximum absolute atomic E-state index is 3.68. The van der Waals surface area contributed by atoms with Crippen molar-refractivity contribution in [2.24, 2.45) is 5.92 Å². The normalized spacial score (nSPS) is 31.5. The summed E-state index contributed by atoms with van der Waals surface area (Å²) < 4.78 is 1.21. The third-order valence-corrected chi connectivity index (χ3v) is 4.99. The molecule has 0 heterocycles. The summed E-state index contributed by atoms with van der Waals surface area (Å²) in [5.74, 6) is 0.849. The first-order valence-corrected chi connectivity index (χ1v) is 7.53. The van der Waals surface area contributed by atoms with Crippen LogP contribution in [-0.2, 0) is 5.41 Å². The molecule has 1 aromatic rings. The van der Waals surface area contributed by atoms with Gasteiger partial charge in [0.05, 0.1) is 0 Å². The number of hydrogen-bond donors (Lipinski definition) is 1. The highest BCUT2D eigenvalue weighted by molar-refractivity contribution is 9.10. The minimum absolute atomic E-state index is 0.464. The van der Waals surface area contributed by atoms with E-state index < -0.39 is 0 Å². The van der Waals surface area contributed by atoms with Gasteiger partial charge in [-0.05, 0) is 61.3 Å². The molecule has 2 saturated carbocycles. The highest BCUT2D eigenvalue weighted by Gasteiger charge is 2.53. The summed E-state index contributed by atoms with van der Waals surface area (Å²) in [6, 6.07) is 9.73. The van der Waals surface area contributed by atoms with E-state index in [2.05, 4.69) is 52.4 Å². The van der Waals surface area contributed by atoms with Crippen molar-refractivity contribution in [2.75, 3.05) is 6.54 Å². The van der Waals surface area contributed by atoms with Gasteiger partial charge in [0.15, 0.2) is 0 Å². The molecule has 2 atom stereocenters. The highest BCUT2D eigenvalue weighted by Crippen LogP contribution is 2.56. The van der Waals surface area contributed by atoms with E-state index in [9.17, 15) is 0 Å². The van der Waals surface area contributed by atoms with Crippen molar-refractivity contribution in [1.82, 2.24) is 5.32 Å². The van der Waals surface area contributed by atoms with Gasteiger partial charge in [0.25, 0.3) is 0 Å². The SMILES string of the molecule is CCC1(c2cccc(Br)c2)CC1CNC1CC1. The first-order valence-electron chi connectivity index (χ1n) is 6.74. The van der Waals surface area contributed by atoms with Crippen LogP contribution in [0.3, 0.4) is 0 Å². The van der Waals surface area contributed by atoms with E-state index in [4.69, 9.17) is 0 Å². The third kappa shape index (κ3) is 2.30. The minimum Gasteiger partial charge on any atom is -0.314 e. The van der Waals surface area contributed by atoms with Crippen LogP contribution in [0.15, 0.2) is 28.7 Å². The largest absolute Gasteiger partial charge is 0.314 e. The molecule has 0 radical (unpaired) electrons. The summed E-state index contributed by atoms with van der Waals surface area (Å²) in [6.07, 6.45) is 5.41. The van der Waals surface area contributed by atoms with Crippen LogP contribution in [-0.4, -0.2) is 12.6 Å². The predicted molar refractivity (Wildman–Crippen MR) is 75.2 cm³/mol. The van der Waals surface area contributed by atoms with Gasteiger partial charge in [0.2, 0.25) is 0 Å². The van der Waals surface area contributed by atoms with Gasteiger partial charge in [-0.3, -0.25) is 0 Å². The smallest absolute Gasteiger partial charge is 0.0178 e. The topological polar surface area (TPSA) is 12.0 Å². The molecule has 0 aromatic heterocycles. The molecule has 2 aliphatic carbocycles. The zero-order valence-electron chi connectivity index (χ0n) is 10.4. The molecule has 0 spiro atoms. The van der Waals surface area contributed by atoms with Gasteiger partial charge < -0.3 is 5.32 Å². The van der Waals surface area contributed by atoms with E-state index in [0.29, 0.717) is 5.41 Å². The molecule has 2 aliphatic rings. The molecule has 2 heteroatoms. The van der Waals surface area contributed by atoms with E-state index in [0.717, 1.165) is 12.0 Å². The van der Waals surface area contributed by atoms with Gasteiger partial charge in [0, 0.05) is 10.5 Å². The first-order chi connectivity index (χ1) is 8.24. The van der Waals surface area contributed by atoms with Gasteiger partial charge in [-0.15, -0.1) is 0 Å². The fraction of sp³-hybridized carbons (Fsp3) is 0.600. The molecule has 1 nitrogen and oxygen atoms in total.